The molecule has 132 valence electrons. The van der Waals surface area contributed by atoms with Gasteiger partial charge in [0.25, 0.3) is 0 Å². The summed E-state index contributed by atoms with van der Waals surface area (Å²) in [6, 6.07) is 4.02. The summed E-state index contributed by atoms with van der Waals surface area (Å²) >= 11 is 0. The number of rotatable bonds is 7. The first-order chi connectivity index (χ1) is 12.0. The van der Waals surface area contributed by atoms with Gasteiger partial charge < -0.3 is 10.4 Å². The van der Waals surface area contributed by atoms with Crippen LogP contribution in [0.5, 0.6) is 0 Å². The summed E-state index contributed by atoms with van der Waals surface area (Å²) in [6.45, 7) is 10.1. The monoisotopic (exact) mass is 337 g/mol. The van der Waals surface area contributed by atoms with E-state index in [1.807, 2.05) is 57.6 Å². The van der Waals surface area contributed by atoms with Gasteiger partial charge in [0.05, 0.1) is 11.8 Å². The lowest BCUT2D eigenvalue weighted by Gasteiger charge is -2.13. The van der Waals surface area contributed by atoms with Gasteiger partial charge in [-0.15, -0.1) is 0 Å². The average Bonchev–Trinajstić information content (AvgIpc) is 2.61. The normalized spacial score (nSPS) is 13.8. The molecule has 0 spiro atoms. The van der Waals surface area contributed by atoms with Crippen molar-refractivity contribution in [3.05, 3.63) is 60.1 Å². The fourth-order valence-corrected chi connectivity index (χ4v) is 2.81. The van der Waals surface area contributed by atoms with E-state index in [0.717, 1.165) is 51.8 Å². The maximum absolute atomic E-state index is 10.1. The standard InChI is InChI=1S/C21H27N3O/c1-6-8-20(25)15(4)9-14(3)18(7-2)19-10-16-13-24-21(22-5)11-17(16)12-23-19/h7,9-13,20,25H,4,6,8H2,1-3,5H3,(H,22,24)/b14-9-,18-7+. The predicted molar refractivity (Wildman–Crippen MR) is 107 cm³/mol. The van der Waals surface area contributed by atoms with Crippen molar-refractivity contribution >= 4 is 22.2 Å². The Balaban J connectivity index is 2.34. The van der Waals surface area contributed by atoms with Crippen molar-refractivity contribution in [3.8, 4) is 0 Å². The Bertz CT molecular complexity index is 821. The van der Waals surface area contributed by atoms with Crippen LogP contribution in [0, 0.1) is 0 Å². The van der Waals surface area contributed by atoms with Gasteiger partial charge in [-0.1, -0.05) is 32.1 Å². The molecule has 0 fully saturated rings. The van der Waals surface area contributed by atoms with Crippen LogP contribution in [0.15, 0.2) is 54.4 Å². The van der Waals surface area contributed by atoms with Crippen molar-refractivity contribution in [2.45, 2.75) is 39.7 Å². The first-order valence-electron chi connectivity index (χ1n) is 8.65. The second kappa shape index (κ2) is 8.58. The van der Waals surface area contributed by atoms with E-state index in [2.05, 4.69) is 28.8 Å². The molecular weight excluding hydrogens is 310 g/mol. The molecule has 2 rings (SSSR count). The molecule has 0 aliphatic heterocycles. The van der Waals surface area contributed by atoms with Crippen LogP contribution in [0.2, 0.25) is 0 Å². The number of fused-ring (bicyclic) bond motifs is 1. The number of allylic oxidation sites excluding steroid dienone is 3. The van der Waals surface area contributed by atoms with E-state index >= 15 is 0 Å². The molecule has 0 aliphatic carbocycles. The van der Waals surface area contributed by atoms with E-state index in [1.165, 1.54) is 0 Å². The fourth-order valence-electron chi connectivity index (χ4n) is 2.81. The molecule has 0 saturated heterocycles. The Morgan fingerprint density at radius 3 is 2.60 bits per heavy atom. The molecule has 0 saturated carbocycles. The van der Waals surface area contributed by atoms with E-state index in [0.29, 0.717) is 0 Å². The van der Waals surface area contributed by atoms with E-state index in [9.17, 15) is 5.11 Å². The number of hydrogen-bond acceptors (Lipinski definition) is 4. The van der Waals surface area contributed by atoms with Crippen molar-refractivity contribution in [2.75, 3.05) is 12.4 Å². The molecule has 2 aromatic rings. The van der Waals surface area contributed by atoms with Gasteiger partial charge in [0.1, 0.15) is 5.82 Å². The molecule has 0 bridgehead atoms. The average molecular weight is 337 g/mol. The maximum atomic E-state index is 10.1. The van der Waals surface area contributed by atoms with Crippen LogP contribution < -0.4 is 5.32 Å². The Kier molecular flexibility index (Phi) is 6.48. The molecule has 0 amide bonds. The SMILES string of the molecule is C=C(/C=C(C)\C(=C/C)c1cc2cnc(NC)cc2cn1)C(O)CCC. The first kappa shape index (κ1) is 18.9. The molecule has 25 heavy (non-hydrogen) atoms. The Morgan fingerprint density at radius 2 is 1.96 bits per heavy atom. The molecule has 4 nitrogen and oxygen atoms in total. The predicted octanol–water partition coefficient (Wildman–Crippen LogP) is 4.74. The molecule has 0 aliphatic rings. The molecule has 0 radical (unpaired) electrons. The third-order valence-electron chi connectivity index (χ3n) is 4.24. The molecule has 0 aromatic carbocycles. The minimum absolute atomic E-state index is 0.494. The number of pyridine rings is 2. The summed E-state index contributed by atoms with van der Waals surface area (Å²) < 4.78 is 0. The number of aliphatic hydroxyl groups excluding tert-OH is 1. The zero-order valence-corrected chi connectivity index (χ0v) is 15.5. The van der Waals surface area contributed by atoms with Crippen molar-refractivity contribution in [3.63, 3.8) is 0 Å². The second-order valence-electron chi connectivity index (χ2n) is 6.15. The lowest BCUT2D eigenvalue weighted by atomic mass is 9.97. The van der Waals surface area contributed by atoms with Gasteiger partial charge >= 0.3 is 0 Å². The van der Waals surface area contributed by atoms with Crippen molar-refractivity contribution < 1.29 is 5.11 Å². The summed E-state index contributed by atoms with van der Waals surface area (Å²) in [5, 5.41) is 15.2. The van der Waals surface area contributed by atoms with Gasteiger partial charge in [-0.25, -0.2) is 4.98 Å². The lowest BCUT2D eigenvalue weighted by molar-refractivity contribution is 0.203. The highest BCUT2D eigenvalue weighted by Crippen LogP contribution is 2.26. The molecule has 2 N–H and O–H groups in total. The first-order valence-corrected chi connectivity index (χ1v) is 8.65. The van der Waals surface area contributed by atoms with Crippen LogP contribution >= 0.6 is 0 Å². The molecule has 2 aromatic heterocycles. The third kappa shape index (κ3) is 4.54. The number of anilines is 1. The summed E-state index contributed by atoms with van der Waals surface area (Å²) in [4.78, 5) is 8.97. The van der Waals surface area contributed by atoms with E-state index < -0.39 is 6.10 Å². The minimum Gasteiger partial charge on any atom is -0.388 e. The summed E-state index contributed by atoms with van der Waals surface area (Å²) in [5.74, 6) is 0.825. The number of nitrogens with one attached hydrogen (secondary N) is 1. The van der Waals surface area contributed by atoms with Gasteiger partial charge in [-0.05, 0) is 49.1 Å². The van der Waals surface area contributed by atoms with Gasteiger partial charge in [0.15, 0.2) is 0 Å². The van der Waals surface area contributed by atoms with Gasteiger partial charge in [0.2, 0.25) is 0 Å². The summed E-state index contributed by atoms with van der Waals surface area (Å²) in [5.41, 5.74) is 3.69. The minimum atomic E-state index is -0.494. The highest BCUT2D eigenvalue weighted by molar-refractivity contribution is 5.87. The van der Waals surface area contributed by atoms with Crippen molar-refractivity contribution in [2.24, 2.45) is 0 Å². The van der Waals surface area contributed by atoms with E-state index in [-0.39, 0.29) is 0 Å². The highest BCUT2D eigenvalue weighted by Gasteiger charge is 2.10. The molecule has 2 heterocycles. The number of aromatic nitrogens is 2. The summed E-state index contributed by atoms with van der Waals surface area (Å²) in [7, 11) is 1.85. The molecular formula is C21H27N3O. The maximum Gasteiger partial charge on any atom is 0.126 e. The highest BCUT2D eigenvalue weighted by atomic mass is 16.3. The quantitative estimate of drug-likeness (QED) is 0.717. The van der Waals surface area contributed by atoms with Crippen LogP contribution in [-0.4, -0.2) is 28.2 Å². The van der Waals surface area contributed by atoms with E-state index in [4.69, 9.17) is 0 Å². The zero-order valence-electron chi connectivity index (χ0n) is 15.5. The Hall–Kier alpha value is -2.46. The van der Waals surface area contributed by atoms with Crippen LogP contribution in [0.4, 0.5) is 5.82 Å². The van der Waals surface area contributed by atoms with Gasteiger partial charge in [-0.2, -0.15) is 0 Å². The number of nitrogens with zero attached hydrogens (tertiary/aromatic N) is 2. The lowest BCUT2D eigenvalue weighted by Crippen LogP contribution is -2.07. The van der Waals surface area contributed by atoms with Gasteiger partial charge in [-0.3, -0.25) is 4.98 Å². The van der Waals surface area contributed by atoms with E-state index in [1.54, 1.807) is 0 Å². The molecule has 4 heteroatoms. The Labute approximate surface area is 150 Å². The number of hydrogen-bond donors (Lipinski definition) is 2. The van der Waals surface area contributed by atoms with Crippen LogP contribution in [0.1, 0.15) is 39.3 Å². The van der Waals surface area contributed by atoms with Crippen LogP contribution in [0.3, 0.4) is 0 Å². The second-order valence-corrected chi connectivity index (χ2v) is 6.15. The van der Waals surface area contributed by atoms with Crippen LogP contribution in [-0.2, 0) is 0 Å². The Morgan fingerprint density at radius 1 is 1.28 bits per heavy atom. The van der Waals surface area contributed by atoms with Crippen molar-refractivity contribution in [1.29, 1.82) is 0 Å². The summed E-state index contributed by atoms with van der Waals surface area (Å²) in [6.07, 6.45) is 8.86. The van der Waals surface area contributed by atoms with Crippen molar-refractivity contribution in [1.82, 2.24) is 9.97 Å². The van der Waals surface area contributed by atoms with Gasteiger partial charge in [0, 0.05) is 30.2 Å². The fraction of sp³-hybridized carbons (Fsp3) is 0.333. The largest absolute Gasteiger partial charge is 0.388 e. The van der Waals surface area contributed by atoms with Crippen LogP contribution in [0.25, 0.3) is 16.3 Å². The zero-order chi connectivity index (χ0) is 18.4. The molecule has 1 atom stereocenters. The smallest absolute Gasteiger partial charge is 0.126 e. The number of aliphatic hydroxyl groups is 1. The topological polar surface area (TPSA) is 58.0 Å². The third-order valence-corrected chi connectivity index (χ3v) is 4.24. The molecule has 1 unspecified atom stereocenters.